The largest absolute Gasteiger partial charge is 0.478 e. The standard InChI is InChI=1S/C14H14N4O2/c1-9-13-12(17(2)15-9)8-18(16-13)7-10-3-5-11(6-4-10)14(19)20/h3-6,8H,7H2,1-2H3,(H,19,20). The Bertz CT molecular complexity index is 749. The predicted molar refractivity (Wildman–Crippen MR) is 73.7 cm³/mol. The number of carboxylic acids is 1. The van der Waals surface area contributed by atoms with Gasteiger partial charge in [-0.05, 0) is 24.6 Å². The highest BCUT2D eigenvalue weighted by atomic mass is 16.4. The van der Waals surface area contributed by atoms with Gasteiger partial charge in [0.1, 0.15) is 11.0 Å². The fourth-order valence-electron chi connectivity index (χ4n) is 2.25. The van der Waals surface area contributed by atoms with Crippen LogP contribution in [0.3, 0.4) is 0 Å². The second-order valence-electron chi connectivity index (χ2n) is 4.77. The van der Waals surface area contributed by atoms with Crippen molar-refractivity contribution in [3.05, 3.63) is 47.3 Å². The van der Waals surface area contributed by atoms with Crippen molar-refractivity contribution >= 4 is 17.0 Å². The Labute approximate surface area is 115 Å². The Morgan fingerprint density at radius 1 is 1.25 bits per heavy atom. The lowest BCUT2D eigenvalue weighted by molar-refractivity contribution is 0.0697. The lowest BCUT2D eigenvalue weighted by Gasteiger charge is -2.02. The van der Waals surface area contributed by atoms with Gasteiger partial charge >= 0.3 is 5.97 Å². The van der Waals surface area contributed by atoms with E-state index in [1.165, 1.54) is 0 Å². The van der Waals surface area contributed by atoms with Crippen LogP contribution in [0.2, 0.25) is 0 Å². The second-order valence-corrected chi connectivity index (χ2v) is 4.77. The average molecular weight is 270 g/mol. The van der Waals surface area contributed by atoms with Gasteiger partial charge in [-0.1, -0.05) is 12.1 Å². The van der Waals surface area contributed by atoms with E-state index in [0.717, 1.165) is 22.3 Å². The number of nitrogens with zero attached hydrogens (tertiary/aromatic N) is 4. The molecule has 2 aromatic heterocycles. The summed E-state index contributed by atoms with van der Waals surface area (Å²) in [5, 5.41) is 17.7. The summed E-state index contributed by atoms with van der Waals surface area (Å²) in [6.07, 6.45) is 1.94. The zero-order chi connectivity index (χ0) is 14.3. The maximum atomic E-state index is 10.8. The minimum absolute atomic E-state index is 0.291. The van der Waals surface area contributed by atoms with Crippen LogP contribution in [0.25, 0.3) is 11.0 Å². The zero-order valence-corrected chi connectivity index (χ0v) is 11.2. The summed E-state index contributed by atoms with van der Waals surface area (Å²) in [5.41, 5.74) is 4.09. The first-order valence-corrected chi connectivity index (χ1v) is 6.23. The normalized spacial score (nSPS) is 11.1. The topological polar surface area (TPSA) is 72.9 Å². The molecule has 1 aromatic carbocycles. The maximum absolute atomic E-state index is 10.8. The Hall–Kier alpha value is -2.63. The van der Waals surface area contributed by atoms with Gasteiger partial charge in [0.15, 0.2) is 0 Å². The van der Waals surface area contributed by atoms with Gasteiger partial charge in [-0.15, -0.1) is 0 Å². The van der Waals surface area contributed by atoms with Crippen molar-refractivity contribution in [2.75, 3.05) is 0 Å². The van der Waals surface area contributed by atoms with Crippen LogP contribution in [0, 0.1) is 6.92 Å². The molecule has 0 atom stereocenters. The number of hydrogen-bond donors (Lipinski definition) is 1. The first-order chi connectivity index (χ1) is 9.54. The number of benzene rings is 1. The van der Waals surface area contributed by atoms with E-state index >= 15 is 0 Å². The lowest BCUT2D eigenvalue weighted by Crippen LogP contribution is -2.02. The number of rotatable bonds is 3. The van der Waals surface area contributed by atoms with Gasteiger partial charge in [-0.25, -0.2) is 4.79 Å². The Kier molecular flexibility index (Phi) is 2.78. The number of aryl methyl sites for hydroxylation is 2. The summed E-state index contributed by atoms with van der Waals surface area (Å²) in [6.45, 7) is 2.54. The molecule has 0 unspecified atom stereocenters. The third kappa shape index (κ3) is 2.05. The molecule has 0 radical (unpaired) electrons. The number of carboxylic acid groups (broad SMARTS) is 1. The van der Waals surface area contributed by atoms with Crippen molar-refractivity contribution in [3.8, 4) is 0 Å². The molecule has 2 heterocycles. The first-order valence-electron chi connectivity index (χ1n) is 6.23. The van der Waals surface area contributed by atoms with Crippen LogP contribution in [-0.2, 0) is 13.6 Å². The molecular weight excluding hydrogens is 256 g/mol. The van der Waals surface area contributed by atoms with Crippen LogP contribution >= 0.6 is 0 Å². The molecule has 0 fully saturated rings. The molecule has 6 heteroatoms. The Morgan fingerprint density at radius 3 is 2.55 bits per heavy atom. The van der Waals surface area contributed by atoms with Gasteiger partial charge in [0, 0.05) is 7.05 Å². The van der Waals surface area contributed by atoms with Crippen molar-refractivity contribution in [2.45, 2.75) is 13.5 Å². The van der Waals surface area contributed by atoms with Crippen LogP contribution in [0.1, 0.15) is 21.6 Å². The van der Waals surface area contributed by atoms with E-state index in [1.54, 1.807) is 24.3 Å². The number of carbonyl (C=O) groups is 1. The van der Waals surface area contributed by atoms with E-state index in [2.05, 4.69) is 10.2 Å². The molecule has 0 aliphatic carbocycles. The molecule has 0 spiro atoms. The highest BCUT2D eigenvalue weighted by molar-refractivity contribution is 5.87. The number of aromatic carboxylic acids is 1. The van der Waals surface area contributed by atoms with Gasteiger partial charge in [-0.3, -0.25) is 9.36 Å². The highest BCUT2D eigenvalue weighted by Crippen LogP contribution is 2.16. The summed E-state index contributed by atoms with van der Waals surface area (Å²) in [4.78, 5) is 10.8. The van der Waals surface area contributed by atoms with E-state index in [4.69, 9.17) is 5.11 Å². The smallest absolute Gasteiger partial charge is 0.335 e. The molecule has 0 aliphatic rings. The molecule has 102 valence electrons. The van der Waals surface area contributed by atoms with Crippen LogP contribution < -0.4 is 0 Å². The minimum atomic E-state index is -0.914. The van der Waals surface area contributed by atoms with Gasteiger partial charge < -0.3 is 5.11 Å². The molecule has 3 aromatic rings. The number of aromatic nitrogens is 4. The molecule has 1 N–H and O–H groups in total. The lowest BCUT2D eigenvalue weighted by atomic mass is 10.1. The van der Waals surface area contributed by atoms with E-state index in [9.17, 15) is 4.79 Å². The number of hydrogen-bond acceptors (Lipinski definition) is 3. The molecule has 0 amide bonds. The van der Waals surface area contributed by atoms with Gasteiger partial charge in [-0.2, -0.15) is 10.2 Å². The molecule has 0 aliphatic heterocycles. The summed E-state index contributed by atoms with van der Waals surface area (Å²) >= 11 is 0. The van der Waals surface area contributed by atoms with E-state index in [-0.39, 0.29) is 0 Å². The van der Waals surface area contributed by atoms with Crippen molar-refractivity contribution in [2.24, 2.45) is 7.05 Å². The molecule has 20 heavy (non-hydrogen) atoms. The summed E-state index contributed by atoms with van der Waals surface area (Å²) in [7, 11) is 1.89. The summed E-state index contributed by atoms with van der Waals surface area (Å²) in [6, 6.07) is 6.82. The van der Waals surface area contributed by atoms with Gasteiger partial charge in [0.25, 0.3) is 0 Å². The molecule has 3 rings (SSSR count). The first kappa shape index (κ1) is 12.4. The molecule has 6 nitrogen and oxygen atoms in total. The van der Waals surface area contributed by atoms with E-state index in [1.807, 2.05) is 29.5 Å². The molecular formula is C14H14N4O2. The predicted octanol–water partition coefficient (Wildman–Crippen LogP) is 1.82. The van der Waals surface area contributed by atoms with E-state index in [0.29, 0.717) is 12.1 Å². The van der Waals surface area contributed by atoms with Crippen LogP contribution in [-0.4, -0.2) is 30.6 Å². The average Bonchev–Trinajstić information content (AvgIpc) is 2.93. The molecule has 0 saturated heterocycles. The minimum Gasteiger partial charge on any atom is -0.478 e. The fourth-order valence-corrected chi connectivity index (χ4v) is 2.25. The van der Waals surface area contributed by atoms with E-state index < -0.39 is 5.97 Å². The zero-order valence-electron chi connectivity index (χ0n) is 11.2. The second kappa shape index (κ2) is 4.48. The highest BCUT2D eigenvalue weighted by Gasteiger charge is 2.10. The monoisotopic (exact) mass is 270 g/mol. The molecule has 0 saturated carbocycles. The Morgan fingerprint density at radius 2 is 1.95 bits per heavy atom. The third-order valence-electron chi connectivity index (χ3n) is 3.28. The van der Waals surface area contributed by atoms with Crippen molar-refractivity contribution in [3.63, 3.8) is 0 Å². The molecule has 0 bridgehead atoms. The van der Waals surface area contributed by atoms with Crippen molar-refractivity contribution in [1.29, 1.82) is 0 Å². The SMILES string of the molecule is Cc1nn(C)c2cn(Cc3ccc(C(=O)O)cc3)nc12. The number of fused-ring (bicyclic) bond motifs is 1. The van der Waals surface area contributed by atoms with Crippen LogP contribution in [0.15, 0.2) is 30.5 Å². The Balaban J connectivity index is 1.89. The third-order valence-corrected chi connectivity index (χ3v) is 3.28. The van der Waals surface area contributed by atoms with Crippen LogP contribution in [0.5, 0.6) is 0 Å². The van der Waals surface area contributed by atoms with Gasteiger partial charge in [0.2, 0.25) is 0 Å². The summed E-state index contributed by atoms with van der Waals surface area (Å²) < 4.78 is 3.65. The fraction of sp³-hybridized carbons (Fsp3) is 0.214. The van der Waals surface area contributed by atoms with Crippen molar-refractivity contribution < 1.29 is 9.90 Å². The quantitative estimate of drug-likeness (QED) is 0.788. The van der Waals surface area contributed by atoms with Crippen molar-refractivity contribution in [1.82, 2.24) is 19.6 Å². The maximum Gasteiger partial charge on any atom is 0.335 e. The van der Waals surface area contributed by atoms with Crippen LogP contribution in [0.4, 0.5) is 0 Å². The summed E-state index contributed by atoms with van der Waals surface area (Å²) in [5.74, 6) is -0.914. The van der Waals surface area contributed by atoms with Gasteiger partial charge in [0.05, 0.1) is 24.0 Å².